The summed E-state index contributed by atoms with van der Waals surface area (Å²) in [6, 6.07) is 17.8. The zero-order chi connectivity index (χ0) is 18.3. The summed E-state index contributed by atoms with van der Waals surface area (Å²) in [6.07, 6.45) is 5.05. The number of benzene rings is 2. The Labute approximate surface area is 210 Å². The van der Waals surface area contributed by atoms with Crippen molar-refractivity contribution in [3.05, 3.63) is 79.2 Å². The van der Waals surface area contributed by atoms with Crippen molar-refractivity contribution in [2.45, 2.75) is 34.6 Å². The van der Waals surface area contributed by atoms with Crippen molar-refractivity contribution in [2.75, 3.05) is 0 Å². The van der Waals surface area contributed by atoms with E-state index >= 15 is 0 Å². The maximum Gasteiger partial charge on any atom is 0.0627 e. The molecule has 0 unspecified atom stereocenters. The Balaban J connectivity index is -0.0000000530. The second-order valence-corrected chi connectivity index (χ2v) is 3.14. The minimum absolute atomic E-state index is 0. The van der Waals surface area contributed by atoms with E-state index in [1.807, 2.05) is 39.8 Å². The normalized spacial score (nSPS) is 6.19. The van der Waals surface area contributed by atoms with Gasteiger partial charge < -0.3 is 21.8 Å². The van der Waals surface area contributed by atoms with Crippen LogP contribution in [0.3, 0.4) is 0 Å². The van der Waals surface area contributed by atoms with Crippen LogP contribution in [0.4, 0.5) is 0 Å². The predicted molar refractivity (Wildman–Crippen MR) is 103 cm³/mol. The molecule has 0 saturated heterocycles. The van der Waals surface area contributed by atoms with Crippen LogP contribution in [-0.2, 0) is 79.8 Å². The molecule has 0 bridgehead atoms. The van der Waals surface area contributed by atoms with Gasteiger partial charge in [0.15, 0.2) is 0 Å². The van der Waals surface area contributed by atoms with E-state index in [0.29, 0.717) is 11.1 Å². The van der Waals surface area contributed by atoms with Crippen LogP contribution in [0, 0.1) is 7.43 Å². The topological polar surface area (TPSA) is 51.2 Å². The van der Waals surface area contributed by atoms with Gasteiger partial charge in [0.1, 0.15) is 0 Å². The first-order valence-corrected chi connectivity index (χ1v) is 7.43. The van der Waals surface area contributed by atoms with E-state index in [4.69, 9.17) is 4.79 Å². The van der Waals surface area contributed by atoms with Gasteiger partial charge in [-0.3, -0.25) is 6.29 Å². The van der Waals surface area contributed by atoms with E-state index in [0.717, 1.165) is 0 Å². The summed E-state index contributed by atoms with van der Waals surface area (Å²) < 4.78 is 0. The van der Waals surface area contributed by atoms with Crippen LogP contribution in [0.15, 0.2) is 60.7 Å². The van der Waals surface area contributed by atoms with Crippen molar-refractivity contribution >= 4 is 18.9 Å². The van der Waals surface area contributed by atoms with Crippen LogP contribution in [0.2, 0.25) is 0 Å². The maximum absolute atomic E-state index is 9.88. The molecule has 0 spiro atoms. The molecule has 140 valence electrons. The SMILES string of the molecule is CC.CC.C[C-]=O.O=[C-]c1ccccc1.O=[C-]c1ccccc1.[CH3-].[Y].[Y]. The summed E-state index contributed by atoms with van der Waals surface area (Å²) >= 11 is 0. The van der Waals surface area contributed by atoms with Crippen molar-refractivity contribution < 1.29 is 79.8 Å². The Morgan fingerprint density at radius 1 is 0.577 bits per heavy atom. The van der Waals surface area contributed by atoms with E-state index in [1.165, 1.54) is 13.2 Å². The average Bonchev–Trinajstić information content (AvgIpc) is 2.67. The number of rotatable bonds is 2. The third-order valence-electron chi connectivity index (χ3n) is 1.78. The maximum atomic E-state index is 9.88. The Bertz CT molecular complexity index is 432. The molecule has 0 aromatic heterocycles. The number of carbonyl (C=O) groups excluding carboxylic acids is 3. The summed E-state index contributed by atoms with van der Waals surface area (Å²) in [7, 11) is 0. The smallest absolute Gasteiger partial charge is 0.0627 e. The van der Waals surface area contributed by atoms with Gasteiger partial charge in [0.2, 0.25) is 0 Å². The van der Waals surface area contributed by atoms with Crippen molar-refractivity contribution in [2.24, 2.45) is 0 Å². The zero-order valence-electron chi connectivity index (χ0n) is 16.7. The fourth-order valence-corrected chi connectivity index (χ4v) is 1.01. The summed E-state index contributed by atoms with van der Waals surface area (Å²) in [5.74, 6) is 0. The molecular formula is C21H28O3Y2-4. The van der Waals surface area contributed by atoms with Crippen molar-refractivity contribution in [1.82, 2.24) is 0 Å². The Morgan fingerprint density at radius 3 is 0.885 bits per heavy atom. The van der Waals surface area contributed by atoms with E-state index in [-0.39, 0.29) is 72.8 Å². The number of hydrogen-bond donors (Lipinski definition) is 0. The molecule has 2 rings (SSSR count). The monoisotopic (exact) mass is 506 g/mol. The molecule has 2 radical (unpaired) electrons. The van der Waals surface area contributed by atoms with Crippen LogP contribution >= 0.6 is 0 Å². The van der Waals surface area contributed by atoms with Gasteiger partial charge in [-0.25, -0.2) is 0 Å². The van der Waals surface area contributed by atoms with Gasteiger partial charge >= 0.3 is 0 Å². The molecule has 0 saturated carbocycles. The summed E-state index contributed by atoms with van der Waals surface area (Å²) in [6.45, 7) is 9.32. The van der Waals surface area contributed by atoms with E-state index < -0.39 is 0 Å². The molecule has 0 fully saturated rings. The third kappa shape index (κ3) is 31.4. The molecule has 0 N–H and O–H groups in total. The molecule has 26 heavy (non-hydrogen) atoms. The van der Waals surface area contributed by atoms with E-state index in [1.54, 1.807) is 61.1 Å². The van der Waals surface area contributed by atoms with Crippen LogP contribution < -0.4 is 0 Å². The van der Waals surface area contributed by atoms with Gasteiger partial charge in [-0.05, 0) is 0 Å². The first-order chi connectivity index (χ1) is 11.3. The molecular weight excluding hydrogens is 478 g/mol. The largest absolute Gasteiger partial charge is 0.542 e. The summed E-state index contributed by atoms with van der Waals surface area (Å²) in [4.78, 5) is 28.4. The van der Waals surface area contributed by atoms with Crippen LogP contribution in [0.1, 0.15) is 45.7 Å². The van der Waals surface area contributed by atoms with E-state index in [9.17, 15) is 9.59 Å². The molecule has 2 aromatic carbocycles. The summed E-state index contributed by atoms with van der Waals surface area (Å²) in [5.41, 5.74) is 1.21. The first kappa shape index (κ1) is 40.4. The van der Waals surface area contributed by atoms with Gasteiger partial charge in [0.05, 0.1) is 12.6 Å². The quantitative estimate of drug-likeness (QED) is 0.545. The first-order valence-electron chi connectivity index (χ1n) is 7.43. The summed E-state index contributed by atoms with van der Waals surface area (Å²) in [5, 5.41) is 0. The van der Waals surface area contributed by atoms with Gasteiger partial charge in [-0.2, -0.15) is 42.3 Å². The molecule has 0 amide bonds. The molecule has 5 heteroatoms. The second-order valence-electron chi connectivity index (χ2n) is 3.14. The second kappa shape index (κ2) is 39.6. The van der Waals surface area contributed by atoms with Gasteiger partial charge in [-0.1, -0.05) is 39.8 Å². The van der Waals surface area contributed by atoms with Crippen molar-refractivity contribution in [1.29, 1.82) is 0 Å². The fourth-order valence-electron chi connectivity index (χ4n) is 1.01. The molecule has 0 heterocycles. The fraction of sp³-hybridized carbons (Fsp3) is 0.238. The Morgan fingerprint density at radius 2 is 0.769 bits per heavy atom. The van der Waals surface area contributed by atoms with Gasteiger partial charge in [0.25, 0.3) is 0 Å². The molecule has 0 aliphatic carbocycles. The zero-order valence-corrected chi connectivity index (χ0v) is 22.3. The Kier molecular flexibility index (Phi) is 61.6. The average molecular weight is 506 g/mol. The number of hydrogen-bond acceptors (Lipinski definition) is 3. The predicted octanol–water partition coefficient (Wildman–Crippen LogP) is 4.90. The van der Waals surface area contributed by atoms with Gasteiger partial charge in [0, 0.05) is 65.4 Å². The molecule has 0 atom stereocenters. The third-order valence-corrected chi connectivity index (χ3v) is 1.78. The van der Waals surface area contributed by atoms with Gasteiger partial charge in [-0.15, -0.1) is 24.3 Å². The molecule has 0 aliphatic heterocycles. The van der Waals surface area contributed by atoms with Crippen LogP contribution in [0.5, 0.6) is 0 Å². The molecule has 3 nitrogen and oxygen atoms in total. The Hall–Kier alpha value is -0.342. The standard InChI is InChI=1S/2C7H5O.C2H3O.2C2H6.CH3.2Y/c2*8-6-7-4-2-1-3-5-7;1-2-3;2*1-2;;;/h2*1-5H;1H3;2*1-2H3;1H3;;/q3*-1;;;-1;;. The molecule has 0 aliphatic rings. The van der Waals surface area contributed by atoms with Crippen molar-refractivity contribution in [3.63, 3.8) is 0 Å². The van der Waals surface area contributed by atoms with Crippen molar-refractivity contribution in [3.8, 4) is 0 Å². The van der Waals surface area contributed by atoms with Crippen LogP contribution in [-0.4, -0.2) is 18.9 Å². The van der Waals surface area contributed by atoms with E-state index in [2.05, 4.69) is 0 Å². The minimum atomic E-state index is 0. The van der Waals surface area contributed by atoms with Crippen LogP contribution in [0.25, 0.3) is 0 Å². The molecule has 2 aromatic rings. The minimum Gasteiger partial charge on any atom is -0.542 e.